The first-order chi connectivity index (χ1) is 8.52. The Bertz CT molecular complexity index is 444. The Hall–Kier alpha value is -1.37. The van der Waals surface area contributed by atoms with Gasteiger partial charge in [0, 0.05) is 13.1 Å². The normalized spacial score (nSPS) is 10.6. The Labute approximate surface area is 109 Å². The first-order valence-electron chi connectivity index (χ1n) is 6.18. The van der Waals surface area contributed by atoms with Gasteiger partial charge in [0.15, 0.2) is 0 Å². The van der Waals surface area contributed by atoms with Crippen LogP contribution < -0.4 is 5.73 Å². The van der Waals surface area contributed by atoms with Crippen LogP contribution in [0.25, 0.3) is 0 Å². The predicted octanol–water partition coefficient (Wildman–Crippen LogP) is 2.22. The molecule has 2 nitrogen and oxygen atoms in total. The highest BCUT2D eigenvalue weighted by Gasteiger charge is 2.05. The fourth-order valence-electron chi connectivity index (χ4n) is 1.91. The molecule has 0 aliphatic carbocycles. The van der Waals surface area contributed by atoms with Crippen LogP contribution in [0.3, 0.4) is 0 Å². The summed E-state index contributed by atoms with van der Waals surface area (Å²) in [5.74, 6) is 5.77. The molecule has 98 valence electrons. The van der Waals surface area contributed by atoms with Crippen molar-refractivity contribution in [2.45, 2.75) is 20.4 Å². The molecule has 3 heteroatoms. The molecule has 0 aliphatic heterocycles. The molecule has 0 unspecified atom stereocenters. The fourth-order valence-corrected chi connectivity index (χ4v) is 1.91. The highest BCUT2D eigenvalue weighted by atomic mass is 19.1. The highest BCUT2D eigenvalue weighted by molar-refractivity contribution is 5.38. The number of benzene rings is 1. The van der Waals surface area contributed by atoms with Crippen molar-refractivity contribution in [2.24, 2.45) is 11.7 Å². The highest BCUT2D eigenvalue weighted by Crippen LogP contribution is 2.12. The molecule has 0 spiro atoms. The van der Waals surface area contributed by atoms with Crippen LogP contribution in [0.2, 0.25) is 0 Å². The fraction of sp³-hybridized carbons (Fsp3) is 0.467. The van der Waals surface area contributed by atoms with Gasteiger partial charge < -0.3 is 10.6 Å². The van der Waals surface area contributed by atoms with Crippen molar-refractivity contribution in [3.05, 3.63) is 35.1 Å². The van der Waals surface area contributed by atoms with E-state index < -0.39 is 0 Å². The van der Waals surface area contributed by atoms with Gasteiger partial charge in [-0.1, -0.05) is 31.8 Å². The molecule has 0 bridgehead atoms. The van der Waals surface area contributed by atoms with Crippen LogP contribution in [-0.4, -0.2) is 25.0 Å². The zero-order valence-electron chi connectivity index (χ0n) is 11.3. The van der Waals surface area contributed by atoms with E-state index in [0.29, 0.717) is 11.5 Å². The van der Waals surface area contributed by atoms with E-state index in [4.69, 9.17) is 5.73 Å². The summed E-state index contributed by atoms with van der Waals surface area (Å²) in [6.45, 7) is 6.42. The first-order valence-corrected chi connectivity index (χ1v) is 6.18. The molecule has 0 saturated heterocycles. The molecule has 0 aromatic heterocycles. The van der Waals surface area contributed by atoms with Gasteiger partial charge >= 0.3 is 0 Å². The lowest BCUT2D eigenvalue weighted by atomic mass is 10.1. The largest absolute Gasteiger partial charge is 0.320 e. The predicted molar refractivity (Wildman–Crippen MR) is 73.5 cm³/mol. The molecule has 2 N–H and O–H groups in total. The van der Waals surface area contributed by atoms with Crippen molar-refractivity contribution in [1.29, 1.82) is 0 Å². The summed E-state index contributed by atoms with van der Waals surface area (Å²) in [5.41, 5.74) is 6.79. The van der Waals surface area contributed by atoms with Crippen LogP contribution in [0.5, 0.6) is 0 Å². The lowest BCUT2D eigenvalue weighted by molar-refractivity contribution is 0.288. The molecule has 0 amide bonds. The van der Waals surface area contributed by atoms with Gasteiger partial charge in [-0.2, -0.15) is 0 Å². The van der Waals surface area contributed by atoms with E-state index in [-0.39, 0.29) is 12.4 Å². The number of hydrogen-bond acceptors (Lipinski definition) is 2. The number of nitrogens with zero attached hydrogens (tertiary/aromatic N) is 1. The van der Waals surface area contributed by atoms with Gasteiger partial charge in [-0.3, -0.25) is 0 Å². The second kappa shape index (κ2) is 7.15. The van der Waals surface area contributed by atoms with E-state index in [1.165, 1.54) is 6.07 Å². The summed E-state index contributed by atoms with van der Waals surface area (Å²) in [6.07, 6.45) is 0. The summed E-state index contributed by atoms with van der Waals surface area (Å²) >= 11 is 0. The number of rotatable bonds is 4. The van der Waals surface area contributed by atoms with E-state index in [9.17, 15) is 4.39 Å². The zero-order chi connectivity index (χ0) is 13.5. The average Bonchev–Trinajstić information content (AvgIpc) is 2.28. The second-order valence-electron chi connectivity index (χ2n) is 4.91. The number of halogens is 1. The quantitative estimate of drug-likeness (QED) is 0.828. The Morgan fingerprint density at radius 1 is 1.39 bits per heavy atom. The van der Waals surface area contributed by atoms with Gasteiger partial charge in [-0.15, -0.1) is 0 Å². The summed E-state index contributed by atoms with van der Waals surface area (Å²) in [4.78, 5) is 2.22. The maximum absolute atomic E-state index is 13.5. The molecule has 1 rings (SSSR count). The van der Waals surface area contributed by atoms with Gasteiger partial charge in [-0.25, -0.2) is 4.39 Å². The summed E-state index contributed by atoms with van der Waals surface area (Å²) in [6, 6.07) is 5.08. The lowest BCUT2D eigenvalue weighted by Gasteiger charge is -2.19. The van der Waals surface area contributed by atoms with E-state index in [2.05, 4.69) is 37.6 Å². The molecule has 0 radical (unpaired) electrons. The van der Waals surface area contributed by atoms with E-state index in [0.717, 1.165) is 18.7 Å². The van der Waals surface area contributed by atoms with E-state index in [1.54, 1.807) is 12.1 Å². The van der Waals surface area contributed by atoms with Crippen molar-refractivity contribution >= 4 is 0 Å². The van der Waals surface area contributed by atoms with Crippen molar-refractivity contribution in [3.8, 4) is 11.8 Å². The van der Waals surface area contributed by atoms with Gasteiger partial charge in [0.25, 0.3) is 0 Å². The third kappa shape index (κ3) is 4.87. The third-order valence-corrected chi connectivity index (χ3v) is 2.49. The third-order valence-electron chi connectivity index (χ3n) is 2.49. The molecule has 0 heterocycles. The Morgan fingerprint density at radius 2 is 2.11 bits per heavy atom. The van der Waals surface area contributed by atoms with Crippen LogP contribution in [0.15, 0.2) is 18.2 Å². The Kier molecular flexibility index (Phi) is 5.84. The lowest BCUT2D eigenvalue weighted by Crippen LogP contribution is -2.22. The zero-order valence-corrected chi connectivity index (χ0v) is 11.3. The molecule has 0 aliphatic rings. The maximum Gasteiger partial charge on any atom is 0.138 e. The molecule has 1 aromatic carbocycles. The second-order valence-corrected chi connectivity index (χ2v) is 4.91. The minimum absolute atomic E-state index is 0.247. The number of hydrogen-bond donors (Lipinski definition) is 1. The van der Waals surface area contributed by atoms with Gasteiger partial charge in [0.05, 0.1) is 12.1 Å². The average molecular weight is 248 g/mol. The maximum atomic E-state index is 13.5. The van der Waals surface area contributed by atoms with Crippen LogP contribution in [0, 0.1) is 23.6 Å². The van der Waals surface area contributed by atoms with Crippen molar-refractivity contribution in [3.63, 3.8) is 0 Å². The molecular weight excluding hydrogens is 227 g/mol. The van der Waals surface area contributed by atoms with E-state index in [1.807, 2.05) is 0 Å². The van der Waals surface area contributed by atoms with E-state index >= 15 is 0 Å². The van der Waals surface area contributed by atoms with Gasteiger partial charge in [0.1, 0.15) is 5.82 Å². The van der Waals surface area contributed by atoms with Crippen molar-refractivity contribution in [2.75, 3.05) is 20.1 Å². The SMILES string of the molecule is CC(C)CN(C)Cc1ccc(F)c(C#CCN)c1. The smallest absolute Gasteiger partial charge is 0.138 e. The standard InChI is InChI=1S/C15H21FN2/c1-12(2)10-18(3)11-13-6-7-15(16)14(9-13)5-4-8-17/h6-7,9,12H,8,10-11,17H2,1-3H3. The molecular formula is C15H21FN2. The molecule has 18 heavy (non-hydrogen) atoms. The van der Waals surface area contributed by atoms with Crippen molar-refractivity contribution < 1.29 is 4.39 Å². The molecule has 0 saturated carbocycles. The molecule has 0 fully saturated rings. The molecule has 0 atom stereocenters. The topological polar surface area (TPSA) is 29.3 Å². The summed E-state index contributed by atoms with van der Waals surface area (Å²) in [5, 5.41) is 0. The van der Waals surface area contributed by atoms with Crippen LogP contribution in [0.4, 0.5) is 4.39 Å². The van der Waals surface area contributed by atoms with Crippen LogP contribution in [0.1, 0.15) is 25.0 Å². The van der Waals surface area contributed by atoms with Crippen LogP contribution in [-0.2, 0) is 6.54 Å². The minimum Gasteiger partial charge on any atom is -0.320 e. The molecule has 1 aromatic rings. The van der Waals surface area contributed by atoms with Crippen molar-refractivity contribution in [1.82, 2.24) is 4.90 Å². The Morgan fingerprint density at radius 3 is 2.72 bits per heavy atom. The summed E-state index contributed by atoms with van der Waals surface area (Å²) < 4.78 is 13.5. The van der Waals surface area contributed by atoms with Gasteiger partial charge in [-0.05, 0) is 30.7 Å². The summed E-state index contributed by atoms with van der Waals surface area (Å²) in [7, 11) is 2.06. The monoisotopic (exact) mass is 248 g/mol. The first kappa shape index (κ1) is 14.7. The van der Waals surface area contributed by atoms with Gasteiger partial charge in [0.2, 0.25) is 0 Å². The minimum atomic E-state index is -0.286. The van der Waals surface area contributed by atoms with Crippen LogP contribution >= 0.6 is 0 Å². The number of nitrogens with two attached hydrogens (primary N) is 1. The Balaban J connectivity index is 2.78.